The van der Waals surface area contributed by atoms with Crippen LogP contribution in [0.3, 0.4) is 0 Å². The van der Waals surface area contributed by atoms with Gasteiger partial charge in [0, 0.05) is 0 Å². The number of carboxylic acid groups (broad SMARTS) is 1. The minimum Gasteiger partial charge on any atom is -0.477 e. The van der Waals surface area contributed by atoms with Gasteiger partial charge in [0.15, 0.2) is 0 Å². The maximum Gasteiger partial charge on any atom is 0.343 e. The Bertz CT molecular complexity index is 467. The number of carbonyl (C=O) groups is 1. The third kappa shape index (κ3) is 2.96. The van der Waals surface area contributed by atoms with E-state index >= 15 is 0 Å². The van der Waals surface area contributed by atoms with Crippen molar-refractivity contribution in [1.29, 1.82) is 0 Å². The second-order valence-electron chi connectivity index (χ2n) is 2.83. The predicted molar refractivity (Wildman–Crippen MR) is 60.9 cm³/mol. The molecule has 1 aromatic rings. The summed E-state index contributed by atoms with van der Waals surface area (Å²) in [7, 11) is 0. The number of thiocarbonyl (C=S) groups is 1. The molecule has 6 heteroatoms. The molecule has 0 aliphatic rings. The van der Waals surface area contributed by atoms with Crippen LogP contribution in [0.2, 0.25) is 0 Å². The number of benzene rings is 1. The number of rotatable bonds is 4. The van der Waals surface area contributed by atoms with Crippen molar-refractivity contribution < 1.29 is 14.8 Å². The van der Waals surface area contributed by atoms with Gasteiger partial charge in [-0.05, 0) is 5.56 Å². The highest BCUT2D eigenvalue weighted by Gasteiger charge is 2.18. The van der Waals surface area contributed by atoms with Crippen LogP contribution in [0.4, 0.5) is 0 Å². The Morgan fingerprint density at radius 1 is 1.38 bits per heavy atom. The quantitative estimate of drug-likeness (QED) is 0.283. The van der Waals surface area contributed by atoms with Crippen LogP contribution in [0, 0.1) is 10.1 Å². The molecule has 1 rings (SSSR count). The summed E-state index contributed by atoms with van der Waals surface area (Å²) in [6.07, 6.45) is 0.400. The van der Waals surface area contributed by atoms with Gasteiger partial charge in [-0.1, -0.05) is 42.5 Å². The number of nitrogens with zero attached hydrogens (tertiary/aromatic N) is 1. The summed E-state index contributed by atoms with van der Waals surface area (Å²) >= 11 is 4.88. The van der Waals surface area contributed by atoms with Crippen LogP contribution in [-0.2, 0) is 4.79 Å². The SMILES string of the molecule is O=C(O)C(=C[N+](=O)[O-])C(=S)c1ccccc1. The molecule has 0 saturated carbocycles. The summed E-state index contributed by atoms with van der Waals surface area (Å²) in [5.74, 6) is -1.41. The fraction of sp³-hybridized carbons (Fsp3) is 0. The molecule has 16 heavy (non-hydrogen) atoms. The van der Waals surface area contributed by atoms with Crippen molar-refractivity contribution in [1.82, 2.24) is 0 Å². The van der Waals surface area contributed by atoms with E-state index in [-0.39, 0.29) is 4.86 Å². The largest absolute Gasteiger partial charge is 0.477 e. The average molecular weight is 237 g/mol. The Balaban J connectivity index is 3.12. The molecule has 1 N–H and O–H groups in total. The third-order valence-electron chi connectivity index (χ3n) is 1.75. The Hall–Kier alpha value is -2.08. The highest BCUT2D eigenvalue weighted by atomic mass is 32.1. The summed E-state index contributed by atoms with van der Waals surface area (Å²) in [6.45, 7) is 0. The lowest BCUT2D eigenvalue weighted by atomic mass is 10.1. The molecule has 0 fully saturated rings. The lowest BCUT2D eigenvalue weighted by Crippen LogP contribution is -2.13. The van der Waals surface area contributed by atoms with E-state index in [9.17, 15) is 14.9 Å². The number of hydrogen-bond donors (Lipinski definition) is 1. The summed E-state index contributed by atoms with van der Waals surface area (Å²) in [5, 5.41) is 19.0. The minimum absolute atomic E-state index is 0.0511. The van der Waals surface area contributed by atoms with Gasteiger partial charge in [0.25, 0.3) is 0 Å². The monoisotopic (exact) mass is 237 g/mol. The topological polar surface area (TPSA) is 80.4 Å². The first kappa shape index (κ1) is 12.0. The van der Waals surface area contributed by atoms with E-state index in [2.05, 4.69) is 0 Å². The van der Waals surface area contributed by atoms with E-state index in [1.54, 1.807) is 30.3 Å². The van der Waals surface area contributed by atoms with Crippen LogP contribution < -0.4 is 0 Å². The third-order valence-corrected chi connectivity index (χ3v) is 2.20. The molecule has 0 atom stereocenters. The Labute approximate surface area is 96.2 Å². The fourth-order valence-electron chi connectivity index (χ4n) is 1.06. The van der Waals surface area contributed by atoms with Gasteiger partial charge >= 0.3 is 5.97 Å². The molecular weight excluding hydrogens is 230 g/mol. The van der Waals surface area contributed by atoms with Crippen molar-refractivity contribution in [2.45, 2.75) is 0 Å². The van der Waals surface area contributed by atoms with Crippen LogP contribution in [0.15, 0.2) is 42.1 Å². The number of aliphatic carboxylic acids is 1. The molecule has 0 unspecified atom stereocenters. The molecule has 0 spiro atoms. The van der Waals surface area contributed by atoms with Crippen molar-refractivity contribution in [2.75, 3.05) is 0 Å². The first-order chi connectivity index (χ1) is 7.52. The number of hydrogen-bond acceptors (Lipinski definition) is 4. The molecule has 0 aliphatic heterocycles. The van der Waals surface area contributed by atoms with E-state index in [0.717, 1.165) is 0 Å². The van der Waals surface area contributed by atoms with Crippen LogP contribution in [0.1, 0.15) is 5.56 Å². The molecular formula is C10H7NO4S. The zero-order chi connectivity index (χ0) is 12.1. The number of nitro groups is 1. The van der Waals surface area contributed by atoms with Gasteiger partial charge in [-0.2, -0.15) is 0 Å². The van der Waals surface area contributed by atoms with Gasteiger partial charge in [-0.3, -0.25) is 10.1 Å². The zero-order valence-electron chi connectivity index (χ0n) is 7.99. The lowest BCUT2D eigenvalue weighted by Gasteiger charge is -2.01. The van der Waals surface area contributed by atoms with Gasteiger partial charge in [0.2, 0.25) is 6.20 Å². The Kier molecular flexibility index (Phi) is 3.84. The molecule has 0 saturated heterocycles. The van der Waals surface area contributed by atoms with Crippen LogP contribution in [-0.4, -0.2) is 20.9 Å². The highest BCUT2D eigenvalue weighted by Crippen LogP contribution is 2.10. The zero-order valence-corrected chi connectivity index (χ0v) is 8.81. The molecule has 1 aromatic carbocycles. The van der Waals surface area contributed by atoms with Crippen LogP contribution in [0.5, 0.6) is 0 Å². The van der Waals surface area contributed by atoms with E-state index < -0.39 is 16.5 Å². The summed E-state index contributed by atoms with van der Waals surface area (Å²) in [5.41, 5.74) is -0.0285. The van der Waals surface area contributed by atoms with Gasteiger partial charge in [0.1, 0.15) is 5.57 Å². The van der Waals surface area contributed by atoms with Gasteiger partial charge in [-0.25, -0.2) is 4.79 Å². The molecule has 0 bridgehead atoms. The summed E-state index contributed by atoms with van der Waals surface area (Å²) in [6, 6.07) is 8.28. The van der Waals surface area contributed by atoms with E-state index in [1.807, 2.05) is 0 Å². The summed E-state index contributed by atoms with van der Waals surface area (Å²) in [4.78, 5) is 20.2. The molecule has 82 valence electrons. The molecule has 5 nitrogen and oxygen atoms in total. The van der Waals surface area contributed by atoms with Crippen molar-refractivity contribution in [3.63, 3.8) is 0 Å². The minimum atomic E-state index is -1.41. The maximum atomic E-state index is 10.8. The standard InChI is InChI=1S/C10H7NO4S/c12-10(13)8(6-11(14)15)9(16)7-4-2-1-3-5-7/h1-6H,(H,12,13). The first-order valence-electron chi connectivity index (χ1n) is 4.20. The lowest BCUT2D eigenvalue weighted by molar-refractivity contribution is -0.402. The fourth-order valence-corrected chi connectivity index (χ4v) is 1.34. The van der Waals surface area contributed by atoms with E-state index in [4.69, 9.17) is 17.3 Å². The van der Waals surface area contributed by atoms with Gasteiger partial charge in [-0.15, -0.1) is 0 Å². The van der Waals surface area contributed by atoms with E-state index in [1.165, 1.54) is 0 Å². The van der Waals surface area contributed by atoms with Crippen LogP contribution in [0.25, 0.3) is 0 Å². The number of carboxylic acids is 1. The Morgan fingerprint density at radius 3 is 2.38 bits per heavy atom. The normalized spacial score (nSPS) is 10.9. The van der Waals surface area contributed by atoms with Gasteiger partial charge in [0.05, 0.1) is 9.79 Å². The van der Waals surface area contributed by atoms with Crippen molar-refractivity contribution >= 4 is 23.1 Å². The smallest absolute Gasteiger partial charge is 0.343 e. The van der Waals surface area contributed by atoms with Gasteiger partial charge < -0.3 is 5.11 Å². The molecule has 0 aromatic heterocycles. The average Bonchev–Trinajstić information content (AvgIpc) is 2.25. The molecule has 0 radical (unpaired) electrons. The molecule has 0 amide bonds. The predicted octanol–water partition coefficient (Wildman–Crippen LogP) is 1.65. The summed E-state index contributed by atoms with van der Waals surface area (Å²) < 4.78 is 0. The van der Waals surface area contributed by atoms with Crippen LogP contribution >= 0.6 is 12.2 Å². The molecule has 0 heterocycles. The molecule has 0 aliphatic carbocycles. The second kappa shape index (κ2) is 5.13. The Morgan fingerprint density at radius 2 is 1.94 bits per heavy atom. The van der Waals surface area contributed by atoms with E-state index in [0.29, 0.717) is 11.8 Å². The highest BCUT2D eigenvalue weighted by molar-refractivity contribution is 7.81. The van der Waals surface area contributed by atoms with Crippen molar-refractivity contribution in [2.24, 2.45) is 0 Å². The van der Waals surface area contributed by atoms with Crippen molar-refractivity contribution in [3.05, 3.63) is 57.8 Å². The second-order valence-corrected chi connectivity index (χ2v) is 3.24. The first-order valence-corrected chi connectivity index (χ1v) is 4.61. The maximum absolute atomic E-state index is 10.8. The van der Waals surface area contributed by atoms with Crippen molar-refractivity contribution in [3.8, 4) is 0 Å².